The number of hydrogen-bond donors (Lipinski definition) is 1. The van der Waals surface area contributed by atoms with E-state index in [2.05, 4.69) is 5.32 Å². The first kappa shape index (κ1) is 22.7. The zero-order valence-corrected chi connectivity index (χ0v) is 18.7. The van der Waals surface area contributed by atoms with E-state index in [1.807, 2.05) is 71.6 Å². The number of esters is 1. The summed E-state index contributed by atoms with van der Waals surface area (Å²) >= 11 is 1.63. The Kier molecular flexibility index (Phi) is 8.41. The molecule has 3 rings (SSSR count). The summed E-state index contributed by atoms with van der Waals surface area (Å²) in [5.74, 6) is 0.973. The number of carbonyl (C=O) groups is 2. The summed E-state index contributed by atoms with van der Waals surface area (Å²) in [5.41, 5.74) is 2.11. The van der Waals surface area contributed by atoms with Crippen LogP contribution in [-0.4, -0.2) is 41.6 Å². The first-order valence-corrected chi connectivity index (χ1v) is 11.6. The predicted octanol–water partition coefficient (Wildman–Crippen LogP) is 4.02. The van der Waals surface area contributed by atoms with E-state index in [0.29, 0.717) is 19.6 Å². The molecule has 1 N–H and O–H groups in total. The third-order valence-corrected chi connectivity index (χ3v) is 5.65. The van der Waals surface area contributed by atoms with Gasteiger partial charge >= 0.3 is 5.97 Å². The van der Waals surface area contributed by atoms with Crippen molar-refractivity contribution in [3.05, 3.63) is 66.4 Å². The monoisotopic (exact) mass is 440 g/mol. The lowest BCUT2D eigenvalue weighted by Gasteiger charge is -2.16. The maximum atomic E-state index is 12.4. The van der Waals surface area contributed by atoms with Crippen LogP contribution in [0.15, 0.2) is 60.8 Å². The Hall–Kier alpha value is -2.93. The topological polar surface area (TPSA) is 69.6 Å². The molecular formula is C24H28N2O4S. The molecule has 6 nitrogen and oxygen atoms in total. The van der Waals surface area contributed by atoms with E-state index in [9.17, 15) is 9.59 Å². The number of aromatic nitrogens is 1. The fourth-order valence-electron chi connectivity index (χ4n) is 3.30. The number of nitrogens with one attached hydrogen (secondary N) is 1. The molecule has 1 atom stereocenters. The van der Waals surface area contributed by atoms with Crippen LogP contribution in [0.1, 0.15) is 18.4 Å². The highest BCUT2D eigenvalue weighted by Gasteiger charge is 2.20. The number of aryl methyl sites for hydroxylation is 1. The van der Waals surface area contributed by atoms with E-state index >= 15 is 0 Å². The summed E-state index contributed by atoms with van der Waals surface area (Å²) in [6.45, 7) is 1.01. The molecule has 1 amide bonds. The maximum Gasteiger partial charge on any atom is 0.328 e. The zero-order valence-electron chi connectivity index (χ0n) is 17.9. The number of amides is 1. The number of carbonyl (C=O) groups excluding carboxylic acids is 2. The lowest BCUT2D eigenvalue weighted by molar-refractivity contribution is -0.145. The number of fused-ring (bicyclic) bond motifs is 1. The molecule has 0 aliphatic heterocycles. The quantitative estimate of drug-likeness (QED) is 0.456. The van der Waals surface area contributed by atoms with E-state index in [0.717, 1.165) is 28.0 Å². The van der Waals surface area contributed by atoms with Gasteiger partial charge in [-0.3, -0.25) is 4.79 Å². The van der Waals surface area contributed by atoms with E-state index in [1.54, 1.807) is 11.8 Å². The first-order chi connectivity index (χ1) is 15.1. The van der Waals surface area contributed by atoms with Gasteiger partial charge in [-0.1, -0.05) is 30.3 Å². The minimum Gasteiger partial charge on any atom is -0.489 e. The molecule has 164 valence electrons. The van der Waals surface area contributed by atoms with Gasteiger partial charge in [-0.15, -0.1) is 0 Å². The van der Waals surface area contributed by atoms with E-state index in [1.165, 1.54) is 7.11 Å². The van der Waals surface area contributed by atoms with Gasteiger partial charge in [-0.2, -0.15) is 11.8 Å². The summed E-state index contributed by atoms with van der Waals surface area (Å²) in [6, 6.07) is 17.4. The molecule has 0 aliphatic carbocycles. The van der Waals surface area contributed by atoms with Crippen LogP contribution < -0.4 is 10.1 Å². The molecule has 2 aromatic carbocycles. The fraction of sp³-hybridized carbons (Fsp3) is 0.333. The molecule has 7 heteroatoms. The van der Waals surface area contributed by atoms with E-state index in [4.69, 9.17) is 9.47 Å². The van der Waals surface area contributed by atoms with Gasteiger partial charge in [0, 0.05) is 25.2 Å². The molecule has 0 spiro atoms. The van der Waals surface area contributed by atoms with Gasteiger partial charge in [-0.05, 0) is 47.6 Å². The van der Waals surface area contributed by atoms with Gasteiger partial charge in [0.2, 0.25) is 5.91 Å². The third-order valence-electron chi connectivity index (χ3n) is 5.01. The molecule has 3 aromatic rings. The number of nitrogens with zero attached hydrogens (tertiary/aromatic N) is 1. The third kappa shape index (κ3) is 6.52. The predicted molar refractivity (Wildman–Crippen MR) is 124 cm³/mol. The van der Waals surface area contributed by atoms with Crippen molar-refractivity contribution in [2.24, 2.45) is 0 Å². The van der Waals surface area contributed by atoms with Crippen LogP contribution in [0.5, 0.6) is 5.75 Å². The van der Waals surface area contributed by atoms with Crippen LogP contribution in [0.2, 0.25) is 0 Å². The summed E-state index contributed by atoms with van der Waals surface area (Å²) in [5, 5.41) is 3.88. The molecule has 0 fully saturated rings. The highest BCUT2D eigenvalue weighted by atomic mass is 32.2. The smallest absolute Gasteiger partial charge is 0.328 e. The van der Waals surface area contributed by atoms with Crippen molar-refractivity contribution in [3.63, 3.8) is 0 Å². The lowest BCUT2D eigenvalue weighted by atomic mass is 10.2. The second-order valence-corrected chi connectivity index (χ2v) is 8.16. The molecule has 31 heavy (non-hydrogen) atoms. The Balaban J connectivity index is 1.60. The largest absolute Gasteiger partial charge is 0.489 e. The van der Waals surface area contributed by atoms with Crippen LogP contribution in [0.4, 0.5) is 0 Å². The van der Waals surface area contributed by atoms with Crippen molar-refractivity contribution in [1.29, 1.82) is 0 Å². The number of ether oxygens (including phenoxy) is 2. The van der Waals surface area contributed by atoms with E-state index in [-0.39, 0.29) is 12.3 Å². The molecule has 1 aromatic heterocycles. The number of benzene rings is 2. The second-order valence-electron chi connectivity index (χ2n) is 7.18. The SMILES string of the molecule is COC(=O)[C@@H](CCSC)NC(=O)CCn1ccc2ccc(OCc3ccccc3)cc21. The highest BCUT2D eigenvalue weighted by Crippen LogP contribution is 2.23. The Morgan fingerprint density at radius 1 is 1.13 bits per heavy atom. The standard InChI is InChI=1S/C24H28N2O4S/c1-29-24(28)21(12-15-31-2)25-23(27)11-14-26-13-10-19-8-9-20(16-22(19)26)30-17-18-6-4-3-5-7-18/h3-10,13,16,21H,11-12,14-15,17H2,1-2H3,(H,25,27)/t21-/m1/s1. The van der Waals surface area contributed by atoms with Gasteiger partial charge in [0.1, 0.15) is 18.4 Å². The minimum atomic E-state index is -0.607. The Morgan fingerprint density at radius 2 is 1.94 bits per heavy atom. The van der Waals surface area contributed by atoms with Crippen molar-refractivity contribution in [1.82, 2.24) is 9.88 Å². The van der Waals surface area contributed by atoms with Crippen LogP contribution in [0, 0.1) is 0 Å². The number of hydrogen-bond acceptors (Lipinski definition) is 5. The van der Waals surface area contributed by atoms with Gasteiger partial charge in [0.25, 0.3) is 0 Å². The summed E-state index contributed by atoms with van der Waals surface area (Å²) < 4.78 is 12.8. The number of rotatable bonds is 11. The van der Waals surface area contributed by atoms with Gasteiger partial charge in [-0.25, -0.2) is 4.79 Å². The molecule has 0 aliphatic rings. The molecule has 0 saturated heterocycles. The number of thioether (sulfide) groups is 1. The molecule has 0 bridgehead atoms. The Bertz CT molecular complexity index is 1000. The molecule has 1 heterocycles. The minimum absolute atomic E-state index is 0.171. The molecular weight excluding hydrogens is 412 g/mol. The van der Waals surface area contributed by atoms with E-state index < -0.39 is 12.0 Å². The summed E-state index contributed by atoms with van der Waals surface area (Å²) in [4.78, 5) is 24.3. The molecule has 0 unspecified atom stereocenters. The zero-order chi connectivity index (χ0) is 22.1. The lowest BCUT2D eigenvalue weighted by Crippen LogP contribution is -2.42. The molecule has 0 radical (unpaired) electrons. The average molecular weight is 441 g/mol. The van der Waals surface area contributed by atoms with Crippen LogP contribution in [0.25, 0.3) is 10.9 Å². The Morgan fingerprint density at radius 3 is 2.68 bits per heavy atom. The van der Waals surface area contributed by atoms with Gasteiger partial charge in [0.05, 0.1) is 12.6 Å². The van der Waals surface area contributed by atoms with Crippen molar-refractivity contribution in [2.75, 3.05) is 19.1 Å². The fourth-order valence-corrected chi connectivity index (χ4v) is 3.78. The van der Waals surface area contributed by atoms with Crippen LogP contribution >= 0.6 is 11.8 Å². The van der Waals surface area contributed by atoms with Gasteiger partial charge < -0.3 is 19.4 Å². The van der Waals surface area contributed by atoms with Crippen molar-refractivity contribution in [2.45, 2.75) is 32.0 Å². The van der Waals surface area contributed by atoms with Crippen molar-refractivity contribution >= 4 is 34.5 Å². The van der Waals surface area contributed by atoms with Crippen molar-refractivity contribution in [3.8, 4) is 5.75 Å². The average Bonchev–Trinajstić information content (AvgIpc) is 3.21. The summed E-state index contributed by atoms with van der Waals surface area (Å²) in [6.07, 6.45) is 4.75. The number of methoxy groups -OCH3 is 1. The van der Waals surface area contributed by atoms with Crippen LogP contribution in [-0.2, 0) is 27.5 Å². The first-order valence-electron chi connectivity index (χ1n) is 10.2. The molecule has 0 saturated carbocycles. The normalized spacial score (nSPS) is 11.8. The van der Waals surface area contributed by atoms with Gasteiger partial charge in [0.15, 0.2) is 0 Å². The highest BCUT2D eigenvalue weighted by molar-refractivity contribution is 7.98. The Labute approximate surface area is 186 Å². The van der Waals surface area contributed by atoms with Crippen LogP contribution in [0.3, 0.4) is 0 Å². The van der Waals surface area contributed by atoms with Crippen molar-refractivity contribution < 1.29 is 19.1 Å². The second kappa shape index (κ2) is 11.5. The summed E-state index contributed by atoms with van der Waals surface area (Å²) in [7, 11) is 1.34. The maximum absolute atomic E-state index is 12.4.